The van der Waals surface area contributed by atoms with Gasteiger partial charge in [0.05, 0.1) is 6.61 Å². The maximum absolute atomic E-state index is 14.8. The lowest BCUT2D eigenvalue weighted by Crippen LogP contribution is -2.13. The first-order chi connectivity index (χ1) is 15.7. The van der Waals surface area contributed by atoms with Crippen LogP contribution in [0.4, 0.5) is 4.39 Å². The zero-order valence-corrected chi connectivity index (χ0v) is 18.9. The minimum absolute atomic E-state index is 0.00454. The van der Waals surface area contributed by atoms with Gasteiger partial charge in [-0.3, -0.25) is 0 Å². The summed E-state index contributed by atoms with van der Waals surface area (Å²) in [5, 5.41) is 0. The Bertz CT molecular complexity index is 1030. The van der Waals surface area contributed by atoms with Gasteiger partial charge in [0.25, 0.3) is 0 Å². The zero-order valence-electron chi connectivity index (χ0n) is 18.9. The van der Waals surface area contributed by atoms with E-state index in [0.29, 0.717) is 23.7 Å². The minimum Gasteiger partial charge on any atom is -0.487 e. The van der Waals surface area contributed by atoms with E-state index in [2.05, 4.69) is 13.2 Å². The van der Waals surface area contributed by atoms with E-state index in [4.69, 9.17) is 23.7 Å². The smallest absolute Gasteiger partial charge is 0.338 e. The maximum atomic E-state index is 14.8. The van der Waals surface area contributed by atoms with Crippen molar-refractivity contribution in [2.75, 3.05) is 33.5 Å². The second-order valence-corrected chi connectivity index (χ2v) is 7.08. The highest BCUT2D eigenvalue weighted by Gasteiger charge is 2.14. The van der Waals surface area contributed by atoms with Crippen LogP contribution in [0.2, 0.25) is 0 Å². The number of esters is 2. The van der Waals surface area contributed by atoms with Crippen LogP contribution < -0.4 is 14.2 Å². The lowest BCUT2D eigenvalue weighted by molar-refractivity contribution is -0.139. The van der Waals surface area contributed by atoms with Crippen molar-refractivity contribution in [2.24, 2.45) is 0 Å². The molecule has 0 saturated carbocycles. The van der Waals surface area contributed by atoms with E-state index in [1.165, 1.54) is 19.1 Å². The second-order valence-electron chi connectivity index (χ2n) is 7.08. The highest BCUT2D eigenvalue weighted by atomic mass is 19.1. The Morgan fingerprint density at radius 1 is 0.848 bits per heavy atom. The molecule has 7 nitrogen and oxygen atoms in total. The van der Waals surface area contributed by atoms with Crippen molar-refractivity contribution in [3.05, 3.63) is 66.5 Å². The van der Waals surface area contributed by atoms with Crippen molar-refractivity contribution in [2.45, 2.75) is 13.8 Å². The van der Waals surface area contributed by atoms with Crippen LogP contribution in [0.15, 0.2) is 60.7 Å². The predicted octanol–water partition coefficient (Wildman–Crippen LogP) is 4.50. The quantitative estimate of drug-likeness (QED) is 0.201. The molecule has 0 bridgehead atoms. The van der Waals surface area contributed by atoms with Crippen LogP contribution in [0.1, 0.15) is 13.8 Å². The van der Waals surface area contributed by atoms with Crippen LogP contribution in [-0.2, 0) is 19.1 Å². The molecule has 176 valence electrons. The summed E-state index contributed by atoms with van der Waals surface area (Å²) in [4.78, 5) is 23.2. The molecule has 0 aliphatic carbocycles. The highest BCUT2D eigenvalue weighted by Crippen LogP contribution is 2.35. The molecule has 0 atom stereocenters. The molecule has 0 spiro atoms. The molecule has 0 heterocycles. The summed E-state index contributed by atoms with van der Waals surface area (Å²) in [5.74, 6) is -0.904. The fourth-order valence-electron chi connectivity index (χ4n) is 2.54. The number of methoxy groups -OCH3 is 1. The van der Waals surface area contributed by atoms with Crippen molar-refractivity contribution in [1.82, 2.24) is 0 Å². The number of carbonyl (C=O) groups excluding carboxylic acids is 2. The number of hydrogen-bond donors (Lipinski definition) is 0. The maximum Gasteiger partial charge on any atom is 0.338 e. The Kier molecular flexibility index (Phi) is 9.62. The number of ether oxygens (including phenoxy) is 5. The Morgan fingerprint density at radius 3 is 2.15 bits per heavy atom. The Labute approximate surface area is 192 Å². The largest absolute Gasteiger partial charge is 0.487 e. The van der Waals surface area contributed by atoms with Crippen molar-refractivity contribution in [3.8, 4) is 28.4 Å². The van der Waals surface area contributed by atoms with Crippen molar-refractivity contribution < 1.29 is 37.7 Å². The molecule has 0 amide bonds. The fraction of sp³-hybridized carbons (Fsp3) is 0.280. The molecule has 2 aromatic carbocycles. The molecular weight excluding hydrogens is 431 g/mol. The van der Waals surface area contributed by atoms with Gasteiger partial charge in [0.15, 0.2) is 11.5 Å². The number of benzene rings is 2. The van der Waals surface area contributed by atoms with Gasteiger partial charge in [-0.05, 0) is 43.7 Å². The van der Waals surface area contributed by atoms with E-state index >= 15 is 0 Å². The second kappa shape index (κ2) is 12.4. The molecule has 0 radical (unpaired) electrons. The van der Waals surface area contributed by atoms with Crippen molar-refractivity contribution in [3.63, 3.8) is 0 Å². The van der Waals surface area contributed by atoms with Crippen LogP contribution in [0.3, 0.4) is 0 Å². The van der Waals surface area contributed by atoms with Crippen molar-refractivity contribution >= 4 is 11.9 Å². The zero-order chi connectivity index (χ0) is 24.4. The topological polar surface area (TPSA) is 80.3 Å². The van der Waals surface area contributed by atoms with Crippen LogP contribution in [0, 0.1) is 5.82 Å². The van der Waals surface area contributed by atoms with Gasteiger partial charge in [0.2, 0.25) is 0 Å². The summed E-state index contributed by atoms with van der Waals surface area (Å²) in [6.07, 6.45) is 0. The lowest BCUT2D eigenvalue weighted by Gasteiger charge is -2.15. The minimum atomic E-state index is -0.636. The van der Waals surface area contributed by atoms with Gasteiger partial charge in [-0.15, -0.1) is 0 Å². The van der Waals surface area contributed by atoms with Crippen LogP contribution >= 0.6 is 0 Å². The first kappa shape index (κ1) is 25.6. The van der Waals surface area contributed by atoms with Gasteiger partial charge in [0, 0.05) is 29.9 Å². The van der Waals surface area contributed by atoms with E-state index < -0.39 is 17.8 Å². The Hall–Kier alpha value is -3.65. The average Bonchev–Trinajstić information content (AvgIpc) is 2.77. The Balaban J connectivity index is 2.22. The van der Waals surface area contributed by atoms with Gasteiger partial charge < -0.3 is 23.7 Å². The van der Waals surface area contributed by atoms with Gasteiger partial charge in [-0.2, -0.15) is 0 Å². The summed E-state index contributed by atoms with van der Waals surface area (Å²) >= 11 is 0. The first-order valence-corrected chi connectivity index (χ1v) is 10.1. The predicted molar refractivity (Wildman–Crippen MR) is 121 cm³/mol. The van der Waals surface area contributed by atoms with Gasteiger partial charge in [-0.1, -0.05) is 19.2 Å². The number of halogens is 1. The van der Waals surface area contributed by atoms with Gasteiger partial charge in [-0.25, -0.2) is 14.0 Å². The van der Waals surface area contributed by atoms with E-state index in [9.17, 15) is 14.0 Å². The summed E-state index contributed by atoms with van der Waals surface area (Å²) in [7, 11) is 1.56. The number of hydrogen-bond acceptors (Lipinski definition) is 7. The van der Waals surface area contributed by atoms with Crippen LogP contribution in [0.25, 0.3) is 11.1 Å². The molecule has 33 heavy (non-hydrogen) atoms. The fourth-order valence-corrected chi connectivity index (χ4v) is 2.54. The van der Waals surface area contributed by atoms with Crippen LogP contribution in [-0.4, -0.2) is 45.5 Å². The summed E-state index contributed by atoms with van der Waals surface area (Å²) in [6, 6.07) is 9.04. The molecule has 0 aliphatic rings. The first-order valence-electron chi connectivity index (χ1n) is 10.1. The monoisotopic (exact) mass is 458 g/mol. The van der Waals surface area contributed by atoms with E-state index in [-0.39, 0.29) is 42.3 Å². The van der Waals surface area contributed by atoms with E-state index in [1.54, 1.807) is 32.2 Å². The van der Waals surface area contributed by atoms with Gasteiger partial charge >= 0.3 is 11.9 Å². The molecule has 8 heteroatoms. The SMILES string of the molecule is C=C(C)C(=O)OCCOc1cc(-c2ccc(OC(=O)C(=C)C)cc2F)ccc1OCCOC. The number of carbonyl (C=O) groups is 2. The normalized spacial score (nSPS) is 10.3. The molecule has 0 saturated heterocycles. The lowest BCUT2D eigenvalue weighted by atomic mass is 10.0. The third-order valence-electron chi connectivity index (χ3n) is 4.22. The molecule has 0 unspecified atom stereocenters. The van der Waals surface area contributed by atoms with E-state index in [1.807, 2.05) is 0 Å². The third kappa shape index (κ3) is 7.76. The highest BCUT2D eigenvalue weighted by molar-refractivity contribution is 5.89. The standard InChI is InChI=1S/C25H27FO7/c1-16(2)24(27)32-13-12-31-23-14-18(6-9-22(23)30-11-10-29-5)20-8-7-19(15-21(20)26)33-25(28)17(3)4/h6-9,14-15H,1,3,10-13H2,2,4-5H3. The number of rotatable bonds is 12. The summed E-state index contributed by atoms with van der Waals surface area (Å²) in [6.45, 7) is 10.8. The molecule has 0 N–H and O–H groups in total. The molecule has 2 rings (SSSR count). The third-order valence-corrected chi connectivity index (χ3v) is 4.22. The molecule has 2 aromatic rings. The van der Waals surface area contributed by atoms with Crippen LogP contribution in [0.5, 0.6) is 17.2 Å². The van der Waals surface area contributed by atoms with Crippen molar-refractivity contribution in [1.29, 1.82) is 0 Å². The van der Waals surface area contributed by atoms with E-state index in [0.717, 1.165) is 6.07 Å². The average molecular weight is 458 g/mol. The molecule has 0 fully saturated rings. The molecular formula is C25H27FO7. The molecule has 0 aliphatic heterocycles. The molecule has 0 aromatic heterocycles. The Morgan fingerprint density at radius 2 is 1.52 bits per heavy atom. The summed E-state index contributed by atoms with van der Waals surface area (Å²) in [5.41, 5.74) is 1.28. The summed E-state index contributed by atoms with van der Waals surface area (Å²) < 4.78 is 41.3. The van der Waals surface area contributed by atoms with Gasteiger partial charge in [0.1, 0.15) is 31.4 Å².